The van der Waals surface area contributed by atoms with Crippen LogP contribution in [-0.2, 0) is 5.41 Å². The first-order valence-corrected chi connectivity index (χ1v) is 14.2. The van der Waals surface area contributed by atoms with E-state index in [4.69, 9.17) is 0 Å². The van der Waals surface area contributed by atoms with Crippen LogP contribution in [0.2, 0.25) is 0 Å². The van der Waals surface area contributed by atoms with E-state index < -0.39 is 0 Å². The van der Waals surface area contributed by atoms with Crippen molar-refractivity contribution in [3.05, 3.63) is 132 Å². The predicted molar refractivity (Wildman–Crippen MR) is 167 cm³/mol. The highest BCUT2D eigenvalue weighted by Gasteiger charge is 2.50. The van der Waals surface area contributed by atoms with Gasteiger partial charge in [-0.05, 0) is 65.1 Å². The fraction of sp³-hybridized carbons (Fsp3) is 0.297. The maximum atomic E-state index is 2.42. The summed E-state index contributed by atoms with van der Waals surface area (Å²) >= 11 is 0. The van der Waals surface area contributed by atoms with Gasteiger partial charge in [0.2, 0.25) is 0 Å². The Morgan fingerprint density at radius 2 is 1.32 bits per heavy atom. The van der Waals surface area contributed by atoms with Crippen molar-refractivity contribution in [3.8, 4) is 22.3 Å². The van der Waals surface area contributed by atoms with Gasteiger partial charge >= 0.3 is 0 Å². The first-order valence-electron chi connectivity index (χ1n) is 14.2. The summed E-state index contributed by atoms with van der Waals surface area (Å²) in [5, 5.41) is 0. The number of allylic oxidation sites excluding steroid dienone is 8. The van der Waals surface area contributed by atoms with Gasteiger partial charge in [0.1, 0.15) is 0 Å². The first-order chi connectivity index (χ1) is 18.3. The smallest absolute Gasteiger partial charge is 0.0531 e. The number of hydrogen-bond acceptors (Lipinski definition) is 0. The average Bonchev–Trinajstić information content (AvgIpc) is 3.31. The number of hydrogen-bond donors (Lipinski definition) is 0. The lowest BCUT2D eigenvalue weighted by Crippen LogP contribution is -2.36. The van der Waals surface area contributed by atoms with Crippen LogP contribution in [0.25, 0.3) is 22.3 Å². The zero-order valence-electron chi connectivity index (χ0n) is 24.3. The van der Waals surface area contributed by atoms with Crippen LogP contribution in [0.3, 0.4) is 0 Å². The van der Waals surface area contributed by atoms with Crippen molar-refractivity contribution in [3.63, 3.8) is 0 Å². The molecule has 0 aliphatic heterocycles. The third kappa shape index (κ3) is 5.49. The lowest BCUT2D eigenvalue weighted by Gasteiger charge is -2.41. The highest BCUT2D eigenvalue weighted by Crippen LogP contribution is 2.60. The van der Waals surface area contributed by atoms with E-state index in [1.54, 1.807) is 0 Å². The van der Waals surface area contributed by atoms with E-state index in [0.29, 0.717) is 5.92 Å². The van der Waals surface area contributed by atoms with Crippen molar-refractivity contribution in [1.29, 1.82) is 0 Å². The van der Waals surface area contributed by atoms with Crippen molar-refractivity contribution in [2.75, 3.05) is 0 Å². The molecule has 2 aliphatic rings. The molecule has 0 heteroatoms. The van der Waals surface area contributed by atoms with Crippen LogP contribution in [0, 0.1) is 5.92 Å². The van der Waals surface area contributed by atoms with E-state index in [1.807, 2.05) is 41.5 Å². The quantitative estimate of drug-likeness (QED) is 0.319. The number of benzene rings is 3. The molecule has 2 atom stereocenters. The molecule has 2 aliphatic carbocycles. The Labute approximate surface area is 227 Å². The van der Waals surface area contributed by atoms with Crippen LogP contribution in [0.4, 0.5) is 0 Å². The van der Waals surface area contributed by atoms with E-state index in [1.165, 1.54) is 39.0 Å². The largest absolute Gasteiger partial charge is 0.0874 e. The predicted octanol–water partition coefficient (Wildman–Crippen LogP) is 11.4. The molecule has 3 aromatic carbocycles. The highest BCUT2D eigenvalue weighted by molar-refractivity contribution is 5.91. The Hall–Kier alpha value is -3.38. The monoisotopic (exact) mass is 490 g/mol. The maximum Gasteiger partial charge on any atom is 0.0531 e. The molecule has 3 aromatic rings. The summed E-state index contributed by atoms with van der Waals surface area (Å²) in [6.07, 6.45) is 17.0. The summed E-state index contributed by atoms with van der Waals surface area (Å²) in [5.41, 5.74) is 9.35. The van der Waals surface area contributed by atoms with Gasteiger partial charge in [0.05, 0.1) is 5.41 Å². The van der Waals surface area contributed by atoms with E-state index in [2.05, 4.69) is 129 Å². The number of rotatable bonds is 4. The van der Waals surface area contributed by atoms with Crippen molar-refractivity contribution >= 4 is 0 Å². The fourth-order valence-electron chi connectivity index (χ4n) is 5.69. The Balaban J connectivity index is 0.000000750. The van der Waals surface area contributed by atoms with Crippen molar-refractivity contribution in [2.24, 2.45) is 5.92 Å². The summed E-state index contributed by atoms with van der Waals surface area (Å²) in [7, 11) is 0. The van der Waals surface area contributed by atoms with Crippen LogP contribution in [-0.4, -0.2) is 0 Å². The summed E-state index contributed by atoms with van der Waals surface area (Å²) in [5.74, 6) is 0.354. The summed E-state index contributed by atoms with van der Waals surface area (Å²) in [6.45, 7) is 16.3. The van der Waals surface area contributed by atoms with Gasteiger partial charge < -0.3 is 0 Å². The van der Waals surface area contributed by atoms with Gasteiger partial charge in [-0.15, -0.1) is 0 Å². The Morgan fingerprint density at radius 3 is 1.95 bits per heavy atom. The van der Waals surface area contributed by atoms with Crippen LogP contribution in [0.15, 0.2) is 121 Å². The van der Waals surface area contributed by atoms with E-state index >= 15 is 0 Å². The summed E-state index contributed by atoms with van der Waals surface area (Å²) < 4.78 is 0. The molecule has 0 radical (unpaired) electrons. The summed E-state index contributed by atoms with van der Waals surface area (Å²) in [4.78, 5) is 0. The molecule has 0 saturated heterocycles. The third-order valence-corrected chi connectivity index (χ3v) is 6.84. The molecule has 5 rings (SSSR count). The standard InChI is InChI=1S/C31H28.3C2H6/c1-3-14-24(4-2)31(25-17-9-6-10-18-25)29-22-12-11-19-27(29)28-21-13-20-26(30(28)31)23-15-7-5-8-16-23;3*1-2/h3-17,19-22,25H,18H2,1-2H3;3*1-2H3/b14-3-,24-4+;;;. The van der Waals surface area contributed by atoms with Gasteiger partial charge in [-0.3, -0.25) is 0 Å². The van der Waals surface area contributed by atoms with Gasteiger partial charge in [-0.1, -0.05) is 157 Å². The molecule has 0 bridgehead atoms. The first kappa shape index (κ1) is 29.8. The fourth-order valence-corrected chi connectivity index (χ4v) is 5.69. The molecule has 0 spiro atoms. The van der Waals surface area contributed by atoms with Gasteiger partial charge in [0.25, 0.3) is 0 Å². The second-order valence-electron chi connectivity index (χ2n) is 8.35. The second-order valence-corrected chi connectivity index (χ2v) is 8.35. The summed E-state index contributed by atoms with van der Waals surface area (Å²) in [6, 6.07) is 26.7. The van der Waals surface area contributed by atoms with E-state index in [9.17, 15) is 0 Å². The topological polar surface area (TPSA) is 0 Å². The zero-order chi connectivity index (χ0) is 27.3. The minimum Gasteiger partial charge on any atom is -0.0874 e. The molecule has 0 fully saturated rings. The maximum absolute atomic E-state index is 2.42. The second kappa shape index (κ2) is 15.0. The van der Waals surface area contributed by atoms with Gasteiger partial charge in [0.15, 0.2) is 0 Å². The molecular weight excluding hydrogens is 444 g/mol. The molecule has 0 aromatic heterocycles. The molecule has 0 nitrogen and oxygen atoms in total. The zero-order valence-corrected chi connectivity index (χ0v) is 24.3. The van der Waals surface area contributed by atoms with Crippen molar-refractivity contribution in [1.82, 2.24) is 0 Å². The van der Waals surface area contributed by atoms with Gasteiger partial charge in [0, 0.05) is 0 Å². The Kier molecular flexibility index (Phi) is 12.1. The van der Waals surface area contributed by atoms with E-state index in [-0.39, 0.29) is 5.41 Å². The van der Waals surface area contributed by atoms with Crippen LogP contribution >= 0.6 is 0 Å². The molecule has 0 amide bonds. The van der Waals surface area contributed by atoms with Crippen LogP contribution in [0.1, 0.15) is 72.9 Å². The molecule has 0 saturated carbocycles. The minimum atomic E-state index is -0.221. The minimum absolute atomic E-state index is 0.221. The molecule has 0 heterocycles. The lowest BCUT2D eigenvalue weighted by molar-refractivity contribution is 0.457. The van der Waals surface area contributed by atoms with Gasteiger partial charge in [-0.2, -0.15) is 0 Å². The molecule has 0 N–H and O–H groups in total. The SMILES string of the molecule is C/C=C\C(=C/C)C1(C2C=CC=CC2)c2ccccc2-c2cccc(-c3ccccc3)c21.CC.CC.CC. The number of fused-ring (bicyclic) bond motifs is 3. The molecule has 194 valence electrons. The average molecular weight is 491 g/mol. The lowest BCUT2D eigenvalue weighted by atomic mass is 9.60. The van der Waals surface area contributed by atoms with Crippen LogP contribution < -0.4 is 0 Å². The van der Waals surface area contributed by atoms with Gasteiger partial charge in [-0.25, -0.2) is 0 Å². The normalized spacial score (nSPS) is 18.9. The van der Waals surface area contributed by atoms with Crippen molar-refractivity contribution < 1.29 is 0 Å². The third-order valence-electron chi connectivity index (χ3n) is 6.84. The molecule has 37 heavy (non-hydrogen) atoms. The molecule has 2 unspecified atom stereocenters. The molecular formula is C37H46. The Morgan fingerprint density at radius 1 is 0.703 bits per heavy atom. The van der Waals surface area contributed by atoms with Crippen molar-refractivity contribution in [2.45, 2.75) is 67.2 Å². The highest BCUT2D eigenvalue weighted by atomic mass is 14.5. The van der Waals surface area contributed by atoms with E-state index in [0.717, 1.165) is 6.42 Å². The Bertz CT molecular complexity index is 1220. The van der Waals surface area contributed by atoms with Crippen LogP contribution in [0.5, 0.6) is 0 Å².